The maximum Gasteiger partial charge on any atom is 0.354 e. The average molecular weight is 271 g/mol. The van der Waals surface area contributed by atoms with E-state index in [1.165, 1.54) is 18.2 Å². The minimum atomic E-state index is -1.16. The number of aromatic carboxylic acids is 1. The van der Waals surface area contributed by atoms with Gasteiger partial charge < -0.3 is 10.4 Å². The minimum absolute atomic E-state index is 0.0748. The summed E-state index contributed by atoms with van der Waals surface area (Å²) < 4.78 is 0. The minimum Gasteiger partial charge on any atom is -0.477 e. The molecule has 0 bridgehead atoms. The van der Waals surface area contributed by atoms with Gasteiger partial charge in [0, 0.05) is 12.4 Å². The molecule has 0 saturated heterocycles. The molecule has 0 aliphatic rings. The highest BCUT2D eigenvalue weighted by Gasteiger charge is 2.14. The van der Waals surface area contributed by atoms with E-state index >= 15 is 0 Å². The summed E-state index contributed by atoms with van der Waals surface area (Å²) >= 11 is 0. The topological polar surface area (TPSA) is 92.2 Å². The number of carboxylic acid groups (broad SMARTS) is 1. The summed E-state index contributed by atoms with van der Waals surface area (Å²) in [6.07, 6.45) is 3.28. The number of hydrogen-bond acceptors (Lipinski definition) is 4. The molecule has 2 aromatic rings. The van der Waals surface area contributed by atoms with Crippen LogP contribution in [0.2, 0.25) is 0 Å². The zero-order valence-electron chi connectivity index (χ0n) is 10.8. The molecule has 1 atom stereocenters. The highest BCUT2D eigenvalue weighted by atomic mass is 16.4. The van der Waals surface area contributed by atoms with Crippen LogP contribution in [0.1, 0.15) is 39.5 Å². The number of aromatic nitrogens is 2. The molecule has 0 radical (unpaired) electrons. The molecule has 1 amide bonds. The highest BCUT2D eigenvalue weighted by Crippen LogP contribution is 2.11. The molecule has 2 N–H and O–H groups in total. The third-order valence-electron chi connectivity index (χ3n) is 2.75. The first-order valence-electron chi connectivity index (χ1n) is 5.99. The van der Waals surface area contributed by atoms with E-state index in [0.717, 1.165) is 5.56 Å². The molecule has 0 aliphatic heterocycles. The summed E-state index contributed by atoms with van der Waals surface area (Å²) in [6, 6.07) is 7.67. The summed E-state index contributed by atoms with van der Waals surface area (Å²) in [4.78, 5) is 30.5. The summed E-state index contributed by atoms with van der Waals surface area (Å²) in [5.41, 5.74) is 0.822. The standard InChI is InChI=1S/C14H13N3O3/c1-9(10-5-7-15-8-6-10)16-13(18)11-3-2-4-12(17-11)14(19)20/h2-9H,1H3,(H,16,18)(H,19,20). The van der Waals surface area contributed by atoms with E-state index in [1.807, 2.05) is 6.92 Å². The highest BCUT2D eigenvalue weighted by molar-refractivity contribution is 5.94. The van der Waals surface area contributed by atoms with Gasteiger partial charge in [-0.2, -0.15) is 0 Å². The van der Waals surface area contributed by atoms with Gasteiger partial charge in [-0.05, 0) is 36.8 Å². The first kappa shape index (κ1) is 13.7. The molecule has 0 fully saturated rings. The second-order valence-corrected chi connectivity index (χ2v) is 4.19. The van der Waals surface area contributed by atoms with Gasteiger partial charge in [0.05, 0.1) is 6.04 Å². The van der Waals surface area contributed by atoms with Crippen molar-refractivity contribution in [2.45, 2.75) is 13.0 Å². The Labute approximate surface area is 115 Å². The molecule has 6 nitrogen and oxygen atoms in total. The van der Waals surface area contributed by atoms with Gasteiger partial charge in [-0.1, -0.05) is 6.07 Å². The van der Waals surface area contributed by atoms with Gasteiger partial charge in [-0.15, -0.1) is 0 Å². The predicted octanol–water partition coefficient (Wildman–Crippen LogP) is 1.67. The smallest absolute Gasteiger partial charge is 0.354 e. The molecule has 2 rings (SSSR count). The number of carboxylic acids is 1. The van der Waals surface area contributed by atoms with E-state index in [1.54, 1.807) is 24.5 Å². The van der Waals surface area contributed by atoms with Crippen LogP contribution in [0, 0.1) is 0 Å². The van der Waals surface area contributed by atoms with Crippen molar-refractivity contribution in [1.82, 2.24) is 15.3 Å². The number of nitrogens with zero attached hydrogens (tertiary/aromatic N) is 2. The monoisotopic (exact) mass is 271 g/mol. The molecule has 0 aromatic carbocycles. The fourth-order valence-electron chi connectivity index (χ4n) is 1.69. The Bertz CT molecular complexity index is 629. The Hall–Kier alpha value is -2.76. The van der Waals surface area contributed by atoms with Crippen LogP contribution < -0.4 is 5.32 Å². The first-order chi connectivity index (χ1) is 9.58. The summed E-state index contributed by atoms with van der Waals surface area (Å²) in [6.45, 7) is 1.83. The van der Waals surface area contributed by atoms with Gasteiger partial charge in [0.2, 0.25) is 0 Å². The largest absolute Gasteiger partial charge is 0.477 e. The van der Waals surface area contributed by atoms with Crippen molar-refractivity contribution in [2.75, 3.05) is 0 Å². The lowest BCUT2D eigenvalue weighted by atomic mass is 10.1. The van der Waals surface area contributed by atoms with Crippen molar-refractivity contribution < 1.29 is 14.7 Å². The van der Waals surface area contributed by atoms with Crippen molar-refractivity contribution in [1.29, 1.82) is 0 Å². The Kier molecular flexibility index (Phi) is 4.05. The van der Waals surface area contributed by atoms with Gasteiger partial charge in [0.15, 0.2) is 0 Å². The van der Waals surface area contributed by atoms with Gasteiger partial charge >= 0.3 is 5.97 Å². The number of nitrogens with one attached hydrogen (secondary N) is 1. The van der Waals surface area contributed by atoms with E-state index in [2.05, 4.69) is 15.3 Å². The second kappa shape index (κ2) is 5.92. The van der Waals surface area contributed by atoms with E-state index in [4.69, 9.17) is 5.11 Å². The Morgan fingerprint density at radius 3 is 2.45 bits per heavy atom. The molecule has 0 spiro atoms. The zero-order chi connectivity index (χ0) is 14.5. The molecule has 102 valence electrons. The van der Waals surface area contributed by atoms with Gasteiger partial charge in [0.25, 0.3) is 5.91 Å². The van der Waals surface area contributed by atoms with Crippen LogP contribution in [0.15, 0.2) is 42.7 Å². The zero-order valence-corrected chi connectivity index (χ0v) is 10.8. The third kappa shape index (κ3) is 3.17. The molecule has 1 unspecified atom stereocenters. The van der Waals surface area contributed by atoms with Crippen molar-refractivity contribution in [3.8, 4) is 0 Å². The Morgan fingerprint density at radius 1 is 1.15 bits per heavy atom. The number of hydrogen-bond donors (Lipinski definition) is 2. The first-order valence-corrected chi connectivity index (χ1v) is 5.99. The Morgan fingerprint density at radius 2 is 1.80 bits per heavy atom. The quantitative estimate of drug-likeness (QED) is 0.882. The van der Waals surface area contributed by atoms with Crippen LogP contribution in [0.25, 0.3) is 0 Å². The summed E-state index contributed by atoms with van der Waals surface area (Å²) in [5.74, 6) is -1.58. The van der Waals surface area contributed by atoms with Crippen molar-refractivity contribution in [3.05, 3.63) is 59.7 Å². The number of amides is 1. The lowest BCUT2D eigenvalue weighted by Crippen LogP contribution is -2.27. The number of pyridine rings is 2. The van der Waals surface area contributed by atoms with Crippen LogP contribution in [-0.4, -0.2) is 27.0 Å². The van der Waals surface area contributed by atoms with Crippen LogP contribution in [-0.2, 0) is 0 Å². The fourth-order valence-corrected chi connectivity index (χ4v) is 1.69. The van der Waals surface area contributed by atoms with Crippen LogP contribution in [0.3, 0.4) is 0 Å². The molecular formula is C14H13N3O3. The molecule has 2 aromatic heterocycles. The van der Waals surface area contributed by atoms with Crippen LogP contribution in [0.5, 0.6) is 0 Å². The van der Waals surface area contributed by atoms with E-state index in [-0.39, 0.29) is 17.4 Å². The predicted molar refractivity (Wildman–Crippen MR) is 71.3 cm³/mol. The van der Waals surface area contributed by atoms with Crippen LogP contribution >= 0.6 is 0 Å². The fraction of sp³-hybridized carbons (Fsp3) is 0.143. The molecule has 6 heteroatoms. The average Bonchev–Trinajstić information content (AvgIpc) is 2.48. The van der Waals surface area contributed by atoms with E-state index < -0.39 is 11.9 Å². The van der Waals surface area contributed by atoms with Crippen molar-refractivity contribution in [2.24, 2.45) is 0 Å². The molecule has 0 saturated carbocycles. The maximum atomic E-state index is 12.0. The van der Waals surface area contributed by atoms with Gasteiger partial charge in [-0.3, -0.25) is 9.78 Å². The molecule has 20 heavy (non-hydrogen) atoms. The lowest BCUT2D eigenvalue weighted by molar-refractivity contribution is 0.0690. The van der Waals surface area contributed by atoms with E-state index in [0.29, 0.717) is 0 Å². The third-order valence-corrected chi connectivity index (χ3v) is 2.75. The lowest BCUT2D eigenvalue weighted by Gasteiger charge is -2.13. The SMILES string of the molecule is CC(NC(=O)c1cccc(C(=O)O)n1)c1ccncc1. The number of rotatable bonds is 4. The summed E-state index contributed by atoms with van der Waals surface area (Å²) in [7, 11) is 0. The second-order valence-electron chi connectivity index (χ2n) is 4.19. The van der Waals surface area contributed by atoms with Gasteiger partial charge in [0.1, 0.15) is 11.4 Å². The summed E-state index contributed by atoms with van der Waals surface area (Å²) in [5, 5.41) is 11.6. The van der Waals surface area contributed by atoms with Crippen molar-refractivity contribution >= 4 is 11.9 Å². The molecule has 0 aliphatic carbocycles. The number of carbonyl (C=O) groups excluding carboxylic acids is 1. The van der Waals surface area contributed by atoms with Crippen molar-refractivity contribution in [3.63, 3.8) is 0 Å². The molecule has 2 heterocycles. The number of carbonyl (C=O) groups is 2. The molecular weight excluding hydrogens is 258 g/mol. The van der Waals surface area contributed by atoms with Gasteiger partial charge in [-0.25, -0.2) is 9.78 Å². The maximum absolute atomic E-state index is 12.0. The van der Waals surface area contributed by atoms with Crippen LogP contribution in [0.4, 0.5) is 0 Å². The Balaban J connectivity index is 2.12. The van der Waals surface area contributed by atoms with E-state index in [9.17, 15) is 9.59 Å². The normalized spacial score (nSPS) is 11.7.